The van der Waals surface area contributed by atoms with Crippen LogP contribution in [0.2, 0.25) is 0 Å². The van der Waals surface area contributed by atoms with Gasteiger partial charge in [-0.25, -0.2) is 0 Å². The number of allylic oxidation sites excluding steroid dienone is 1. The monoisotopic (exact) mass is 221 g/mol. The zero-order chi connectivity index (χ0) is 10.5. The Morgan fingerprint density at radius 1 is 1.67 bits per heavy atom. The first-order valence-corrected chi connectivity index (χ1v) is 4.10. The number of carbonyl (C=O) groups excluding carboxylic acids is 2. The first kappa shape index (κ1) is 12.5. The molecule has 15 heavy (non-hydrogen) atoms. The summed E-state index contributed by atoms with van der Waals surface area (Å²) in [7, 11) is 0. The Morgan fingerprint density at radius 3 is 2.73 bits per heavy atom. The van der Waals surface area contributed by atoms with Gasteiger partial charge in [0.15, 0.2) is 6.23 Å². The molecule has 2 aliphatic heterocycles. The van der Waals surface area contributed by atoms with Crippen molar-refractivity contribution in [3.8, 4) is 0 Å². The summed E-state index contributed by atoms with van der Waals surface area (Å²) < 4.78 is 5.11. The van der Waals surface area contributed by atoms with E-state index in [1.165, 1.54) is 6.92 Å². The third kappa shape index (κ3) is 1.57. The maximum absolute atomic E-state index is 11.3. The Bertz CT molecular complexity index is 353. The second-order valence-corrected chi connectivity index (χ2v) is 3.20. The minimum atomic E-state index is -1.44. The van der Waals surface area contributed by atoms with Crippen LogP contribution in [0, 0.1) is 5.92 Å². The fraction of sp³-hybridized carbons (Fsp3) is 0.500. The molecule has 1 amide bonds. The molecule has 2 rings (SSSR count). The average molecular weight is 221 g/mol. The smallest absolute Gasteiger partial charge is 0.543 e. The molecule has 7 heteroatoms. The number of rotatable bonds is 2. The van der Waals surface area contributed by atoms with E-state index >= 15 is 0 Å². The standard InChI is InChI=1S/C8H9NO5.Na/c1-3-5(8(12)13)9-6(11)4(2-10)7(9)14-3;/h4,7,10H,2H2,1H3,(H,12,13);/q;+1/p-1. The number of nitrogens with zero attached hydrogens (tertiary/aromatic N) is 1. The number of aliphatic carboxylic acids is 1. The van der Waals surface area contributed by atoms with Crippen LogP contribution in [0.3, 0.4) is 0 Å². The van der Waals surface area contributed by atoms with E-state index in [1.54, 1.807) is 0 Å². The number of fused-ring (bicyclic) bond motifs is 1. The summed E-state index contributed by atoms with van der Waals surface area (Å²) in [4.78, 5) is 22.9. The van der Waals surface area contributed by atoms with Crippen LogP contribution in [0.4, 0.5) is 0 Å². The molecule has 2 aliphatic rings. The molecule has 0 aromatic heterocycles. The third-order valence-electron chi connectivity index (χ3n) is 2.42. The van der Waals surface area contributed by atoms with Crippen molar-refractivity contribution in [2.24, 2.45) is 5.92 Å². The Hall–Kier alpha value is -0.560. The molecule has 0 radical (unpaired) electrons. The molecular formula is C8H8NNaO5. The summed E-state index contributed by atoms with van der Waals surface area (Å²) in [5, 5.41) is 19.4. The number of ether oxygens (including phenoxy) is 1. The van der Waals surface area contributed by atoms with Gasteiger partial charge in [0, 0.05) is 0 Å². The van der Waals surface area contributed by atoms with Gasteiger partial charge in [-0.3, -0.25) is 9.69 Å². The summed E-state index contributed by atoms with van der Waals surface area (Å²) in [6.45, 7) is 1.11. The molecule has 0 saturated carbocycles. The molecule has 0 aromatic rings. The second kappa shape index (κ2) is 4.13. The Labute approximate surface area is 108 Å². The largest absolute Gasteiger partial charge is 1.00 e. The molecule has 2 heterocycles. The number of aliphatic hydroxyl groups is 1. The molecule has 76 valence electrons. The summed E-state index contributed by atoms with van der Waals surface area (Å²) in [6.07, 6.45) is -0.666. The van der Waals surface area contributed by atoms with Crippen molar-refractivity contribution in [1.82, 2.24) is 4.90 Å². The van der Waals surface area contributed by atoms with Gasteiger partial charge in [0.25, 0.3) is 0 Å². The fourth-order valence-electron chi connectivity index (χ4n) is 1.71. The number of carbonyl (C=O) groups is 2. The van der Waals surface area contributed by atoms with Crippen LogP contribution < -0.4 is 34.7 Å². The van der Waals surface area contributed by atoms with Crippen molar-refractivity contribution in [1.29, 1.82) is 0 Å². The van der Waals surface area contributed by atoms with Crippen molar-refractivity contribution in [3.63, 3.8) is 0 Å². The molecule has 0 spiro atoms. The van der Waals surface area contributed by atoms with Crippen molar-refractivity contribution >= 4 is 11.9 Å². The van der Waals surface area contributed by atoms with Gasteiger partial charge in [-0.2, -0.15) is 0 Å². The Kier molecular flexibility index (Phi) is 3.44. The second-order valence-electron chi connectivity index (χ2n) is 3.20. The van der Waals surface area contributed by atoms with Gasteiger partial charge in [-0.1, -0.05) is 0 Å². The molecule has 0 aliphatic carbocycles. The molecule has 2 unspecified atom stereocenters. The predicted octanol–water partition coefficient (Wildman–Crippen LogP) is -5.22. The van der Waals surface area contributed by atoms with E-state index in [4.69, 9.17) is 9.84 Å². The summed E-state index contributed by atoms with van der Waals surface area (Å²) in [5.41, 5.74) is -0.232. The van der Waals surface area contributed by atoms with E-state index in [1.807, 2.05) is 0 Å². The molecule has 6 nitrogen and oxygen atoms in total. The Balaban J connectivity index is 0.00000112. The number of carboxylic acid groups (broad SMARTS) is 1. The van der Waals surface area contributed by atoms with Crippen molar-refractivity contribution < 1.29 is 54.1 Å². The van der Waals surface area contributed by atoms with E-state index in [2.05, 4.69) is 0 Å². The van der Waals surface area contributed by atoms with E-state index in [0.29, 0.717) is 0 Å². The average Bonchev–Trinajstić information content (AvgIpc) is 2.40. The van der Waals surface area contributed by atoms with E-state index in [-0.39, 0.29) is 47.6 Å². The van der Waals surface area contributed by atoms with Crippen LogP contribution >= 0.6 is 0 Å². The van der Waals surface area contributed by atoms with Crippen molar-refractivity contribution in [2.45, 2.75) is 13.2 Å². The van der Waals surface area contributed by atoms with E-state index < -0.39 is 24.0 Å². The molecule has 2 atom stereocenters. The normalized spacial score (nSPS) is 27.9. The quantitative estimate of drug-likeness (QED) is 0.372. The number of hydrogen-bond acceptors (Lipinski definition) is 5. The van der Waals surface area contributed by atoms with Gasteiger partial charge in [-0.15, -0.1) is 0 Å². The summed E-state index contributed by atoms with van der Waals surface area (Å²) >= 11 is 0. The maximum Gasteiger partial charge on any atom is 1.00 e. The molecule has 0 aromatic carbocycles. The van der Waals surface area contributed by atoms with Crippen LogP contribution in [0.5, 0.6) is 0 Å². The molecule has 1 saturated heterocycles. The summed E-state index contributed by atoms with van der Waals surface area (Å²) in [5.74, 6) is -2.37. The molecule has 1 N–H and O–H groups in total. The van der Waals surface area contributed by atoms with Gasteiger partial charge in [0.05, 0.1) is 12.6 Å². The van der Waals surface area contributed by atoms with Crippen molar-refractivity contribution in [3.05, 3.63) is 11.5 Å². The minimum absolute atomic E-state index is 0. The van der Waals surface area contributed by atoms with Gasteiger partial charge in [-0.05, 0) is 6.92 Å². The van der Waals surface area contributed by atoms with Crippen LogP contribution in [0.25, 0.3) is 0 Å². The van der Waals surface area contributed by atoms with Crippen LogP contribution in [0.15, 0.2) is 11.5 Å². The van der Waals surface area contributed by atoms with Crippen molar-refractivity contribution in [2.75, 3.05) is 6.61 Å². The fourth-order valence-corrected chi connectivity index (χ4v) is 1.71. The number of β-lactam (4-membered cyclic amide) rings is 1. The Morgan fingerprint density at radius 2 is 2.27 bits per heavy atom. The zero-order valence-electron chi connectivity index (χ0n) is 8.39. The van der Waals surface area contributed by atoms with Gasteiger partial charge >= 0.3 is 29.6 Å². The summed E-state index contributed by atoms with van der Waals surface area (Å²) in [6, 6.07) is 0. The number of carboxylic acids is 1. The molecular weight excluding hydrogens is 213 g/mol. The number of hydrogen-bond donors (Lipinski definition) is 1. The van der Waals surface area contributed by atoms with Crippen LogP contribution in [-0.4, -0.2) is 34.7 Å². The van der Waals surface area contributed by atoms with Gasteiger partial charge in [0.1, 0.15) is 17.4 Å². The maximum atomic E-state index is 11.3. The minimum Gasteiger partial charge on any atom is -0.543 e. The van der Waals surface area contributed by atoms with E-state index in [9.17, 15) is 14.7 Å². The first-order valence-electron chi connectivity index (χ1n) is 4.10. The topological polar surface area (TPSA) is 89.9 Å². The van der Waals surface area contributed by atoms with Gasteiger partial charge in [0.2, 0.25) is 5.91 Å². The molecule has 1 fully saturated rings. The molecule has 0 bridgehead atoms. The number of aliphatic hydroxyl groups excluding tert-OH is 1. The third-order valence-corrected chi connectivity index (χ3v) is 2.42. The first-order chi connectivity index (χ1) is 6.57. The number of amides is 1. The zero-order valence-corrected chi connectivity index (χ0v) is 10.4. The van der Waals surface area contributed by atoms with E-state index in [0.717, 1.165) is 4.90 Å². The van der Waals surface area contributed by atoms with Gasteiger partial charge < -0.3 is 19.7 Å². The predicted molar refractivity (Wildman–Crippen MR) is 40.0 cm³/mol. The van der Waals surface area contributed by atoms with Crippen LogP contribution in [0.1, 0.15) is 6.92 Å². The SMILES string of the molecule is CC1=C(C(=O)[O-])N2C(=O)C(CO)C2O1.[Na+]. The van der Waals surface area contributed by atoms with Crippen LogP contribution in [-0.2, 0) is 14.3 Å².